The predicted molar refractivity (Wildman–Crippen MR) is 70.3 cm³/mol. The fourth-order valence-corrected chi connectivity index (χ4v) is 2.22. The predicted octanol–water partition coefficient (Wildman–Crippen LogP) is 2.66. The molecule has 1 aromatic heterocycles. The van der Waals surface area contributed by atoms with Gasteiger partial charge in [0.15, 0.2) is 6.04 Å². The van der Waals surface area contributed by atoms with Crippen molar-refractivity contribution in [2.75, 3.05) is 0 Å². The lowest BCUT2D eigenvalue weighted by molar-refractivity contribution is -0.139. The molecule has 0 radical (unpaired) electrons. The Morgan fingerprint density at radius 1 is 1.16 bits per heavy atom. The van der Waals surface area contributed by atoms with E-state index in [1.165, 1.54) is 11.3 Å². The molecular formula is C13H11NO4S. The quantitative estimate of drug-likeness (QED) is 0.900. The van der Waals surface area contributed by atoms with Crippen molar-refractivity contribution in [1.82, 2.24) is 5.32 Å². The van der Waals surface area contributed by atoms with Gasteiger partial charge in [-0.05, 0) is 23.6 Å². The van der Waals surface area contributed by atoms with E-state index in [1.807, 2.05) is 0 Å². The van der Waals surface area contributed by atoms with Gasteiger partial charge in [-0.25, -0.2) is 9.59 Å². The zero-order valence-corrected chi connectivity index (χ0v) is 10.6. The molecule has 0 aliphatic heterocycles. The van der Waals surface area contributed by atoms with Gasteiger partial charge in [-0.3, -0.25) is 0 Å². The largest absolute Gasteiger partial charge is 0.479 e. The highest BCUT2D eigenvalue weighted by Gasteiger charge is 2.23. The molecule has 2 rings (SSSR count). The average molecular weight is 277 g/mol. The van der Waals surface area contributed by atoms with Crippen LogP contribution < -0.4 is 10.1 Å². The maximum atomic E-state index is 11.6. The van der Waals surface area contributed by atoms with Crippen LogP contribution in [0.3, 0.4) is 0 Å². The molecular weight excluding hydrogens is 266 g/mol. The van der Waals surface area contributed by atoms with Crippen molar-refractivity contribution in [3.05, 3.63) is 52.7 Å². The summed E-state index contributed by atoms with van der Waals surface area (Å²) >= 11 is 1.26. The van der Waals surface area contributed by atoms with Gasteiger partial charge in [-0.1, -0.05) is 24.3 Å². The van der Waals surface area contributed by atoms with Crippen LogP contribution in [0, 0.1) is 0 Å². The second kappa shape index (κ2) is 6.01. The van der Waals surface area contributed by atoms with E-state index >= 15 is 0 Å². The topological polar surface area (TPSA) is 75.6 Å². The highest BCUT2D eigenvalue weighted by atomic mass is 32.1. The number of nitrogens with one attached hydrogen (secondary N) is 1. The Balaban J connectivity index is 2.02. The minimum absolute atomic E-state index is 0.357. The van der Waals surface area contributed by atoms with Crippen LogP contribution in [0.1, 0.15) is 10.9 Å². The first-order valence-electron chi connectivity index (χ1n) is 5.46. The van der Waals surface area contributed by atoms with Crippen LogP contribution in [0.25, 0.3) is 0 Å². The van der Waals surface area contributed by atoms with E-state index in [4.69, 9.17) is 9.84 Å². The summed E-state index contributed by atoms with van der Waals surface area (Å²) in [6.45, 7) is 0. The van der Waals surface area contributed by atoms with Crippen molar-refractivity contribution in [3.8, 4) is 5.75 Å². The summed E-state index contributed by atoms with van der Waals surface area (Å²) in [5, 5.41) is 13.2. The number of carboxylic acid groups (broad SMARTS) is 1. The van der Waals surface area contributed by atoms with Gasteiger partial charge in [0.1, 0.15) is 5.75 Å². The number of benzene rings is 1. The third-order valence-electron chi connectivity index (χ3n) is 2.29. The third-order valence-corrected chi connectivity index (χ3v) is 3.23. The number of carboxylic acids is 1. The molecule has 1 atom stereocenters. The van der Waals surface area contributed by atoms with E-state index < -0.39 is 18.1 Å². The van der Waals surface area contributed by atoms with Crippen LogP contribution in [0.15, 0.2) is 47.8 Å². The number of amides is 1. The van der Waals surface area contributed by atoms with Crippen molar-refractivity contribution in [2.24, 2.45) is 0 Å². The molecule has 1 heterocycles. The molecule has 1 aromatic carbocycles. The number of carbonyl (C=O) groups is 2. The zero-order valence-electron chi connectivity index (χ0n) is 9.78. The number of ether oxygens (including phenoxy) is 1. The first kappa shape index (κ1) is 13.1. The number of rotatable bonds is 4. The lowest BCUT2D eigenvalue weighted by Crippen LogP contribution is -2.35. The molecule has 2 N–H and O–H groups in total. The number of aliphatic carboxylic acids is 1. The number of carbonyl (C=O) groups excluding carboxylic acids is 1. The minimum atomic E-state index is -1.13. The van der Waals surface area contributed by atoms with Crippen LogP contribution in [0.5, 0.6) is 5.75 Å². The molecule has 0 fully saturated rings. The molecule has 1 unspecified atom stereocenters. The molecule has 0 bridgehead atoms. The Hall–Kier alpha value is -2.34. The summed E-state index contributed by atoms with van der Waals surface area (Å²) in [6.07, 6.45) is -0.799. The van der Waals surface area contributed by atoms with Gasteiger partial charge in [0.05, 0.1) is 0 Å². The molecule has 0 saturated heterocycles. The Labute approximate surface area is 113 Å². The number of hydrogen-bond donors (Lipinski definition) is 2. The lowest BCUT2D eigenvalue weighted by atomic mass is 10.2. The summed E-state index contributed by atoms with van der Waals surface area (Å²) in [7, 11) is 0. The first-order valence-corrected chi connectivity index (χ1v) is 6.34. The van der Waals surface area contributed by atoms with Crippen LogP contribution in [0.4, 0.5) is 4.79 Å². The first-order chi connectivity index (χ1) is 9.16. The third kappa shape index (κ3) is 3.56. The van der Waals surface area contributed by atoms with E-state index in [-0.39, 0.29) is 0 Å². The summed E-state index contributed by atoms with van der Waals surface area (Å²) in [4.78, 5) is 23.3. The summed E-state index contributed by atoms with van der Waals surface area (Å²) in [6, 6.07) is 10.7. The molecule has 98 valence electrons. The molecule has 2 aromatic rings. The molecule has 0 spiro atoms. The van der Waals surface area contributed by atoms with E-state index in [0.717, 1.165) is 0 Å². The van der Waals surface area contributed by atoms with Crippen molar-refractivity contribution in [3.63, 3.8) is 0 Å². The molecule has 0 aliphatic carbocycles. The average Bonchev–Trinajstić information content (AvgIpc) is 2.90. The molecule has 19 heavy (non-hydrogen) atoms. The van der Waals surface area contributed by atoms with Crippen LogP contribution >= 0.6 is 11.3 Å². The molecule has 6 heteroatoms. The summed E-state index contributed by atoms with van der Waals surface area (Å²) in [5.41, 5.74) is 0. The van der Waals surface area contributed by atoms with E-state index in [1.54, 1.807) is 47.8 Å². The second-order valence-electron chi connectivity index (χ2n) is 3.63. The standard InChI is InChI=1S/C13H11NO4S/c15-12(16)11(10-7-4-8-19-10)14-13(17)18-9-5-2-1-3-6-9/h1-8,11H,(H,14,17)(H,15,16). The van der Waals surface area contributed by atoms with Crippen LogP contribution in [-0.2, 0) is 4.79 Å². The smallest absolute Gasteiger partial charge is 0.413 e. The van der Waals surface area contributed by atoms with Crippen molar-refractivity contribution < 1.29 is 19.4 Å². The van der Waals surface area contributed by atoms with Crippen LogP contribution in [0.2, 0.25) is 0 Å². The monoisotopic (exact) mass is 277 g/mol. The maximum absolute atomic E-state index is 11.6. The number of thiophene rings is 1. The maximum Gasteiger partial charge on any atom is 0.413 e. The SMILES string of the molecule is O=C(NC(C(=O)O)c1cccs1)Oc1ccccc1. The van der Waals surface area contributed by atoms with E-state index in [2.05, 4.69) is 5.32 Å². The second-order valence-corrected chi connectivity index (χ2v) is 4.61. The highest BCUT2D eigenvalue weighted by Crippen LogP contribution is 2.19. The van der Waals surface area contributed by atoms with Gasteiger partial charge < -0.3 is 15.2 Å². The minimum Gasteiger partial charge on any atom is -0.479 e. The fourth-order valence-electron chi connectivity index (χ4n) is 1.45. The fraction of sp³-hybridized carbons (Fsp3) is 0.0769. The Bertz CT molecular complexity index is 553. The zero-order chi connectivity index (χ0) is 13.7. The summed E-state index contributed by atoms with van der Waals surface area (Å²) < 4.78 is 4.98. The van der Waals surface area contributed by atoms with Gasteiger partial charge in [0.25, 0.3) is 0 Å². The van der Waals surface area contributed by atoms with Crippen LogP contribution in [-0.4, -0.2) is 17.2 Å². The van der Waals surface area contributed by atoms with Gasteiger partial charge in [-0.2, -0.15) is 0 Å². The van der Waals surface area contributed by atoms with Crippen molar-refractivity contribution >= 4 is 23.4 Å². The van der Waals surface area contributed by atoms with Gasteiger partial charge in [0, 0.05) is 4.88 Å². The Morgan fingerprint density at radius 3 is 2.47 bits per heavy atom. The van der Waals surface area contributed by atoms with E-state index in [9.17, 15) is 9.59 Å². The van der Waals surface area contributed by atoms with Crippen molar-refractivity contribution in [1.29, 1.82) is 0 Å². The summed E-state index contributed by atoms with van der Waals surface area (Å²) in [5.74, 6) is -0.775. The van der Waals surface area contributed by atoms with E-state index in [0.29, 0.717) is 10.6 Å². The number of para-hydroxylation sites is 1. The molecule has 0 saturated carbocycles. The Morgan fingerprint density at radius 2 is 1.89 bits per heavy atom. The van der Waals surface area contributed by atoms with Gasteiger partial charge >= 0.3 is 12.1 Å². The van der Waals surface area contributed by atoms with Gasteiger partial charge in [0.2, 0.25) is 0 Å². The molecule has 5 nitrogen and oxygen atoms in total. The lowest BCUT2D eigenvalue weighted by Gasteiger charge is -2.12. The number of hydrogen-bond acceptors (Lipinski definition) is 4. The Kier molecular flexibility index (Phi) is 4.15. The highest BCUT2D eigenvalue weighted by molar-refractivity contribution is 7.10. The van der Waals surface area contributed by atoms with Gasteiger partial charge in [-0.15, -0.1) is 11.3 Å². The molecule has 1 amide bonds. The molecule has 0 aliphatic rings. The van der Waals surface area contributed by atoms with Crippen molar-refractivity contribution in [2.45, 2.75) is 6.04 Å². The normalized spacial score (nSPS) is 11.6.